The second kappa shape index (κ2) is 6.49. The fraction of sp³-hybridized carbons (Fsp3) is 0.211. The van der Waals surface area contributed by atoms with Crippen molar-refractivity contribution in [2.45, 2.75) is 19.5 Å². The van der Waals surface area contributed by atoms with Gasteiger partial charge in [-0.15, -0.1) is 0 Å². The number of para-hydroxylation sites is 1. The van der Waals surface area contributed by atoms with E-state index in [0.717, 1.165) is 39.4 Å². The number of rotatable bonds is 3. The molecule has 0 radical (unpaired) electrons. The lowest BCUT2D eigenvalue weighted by atomic mass is 9.92. The van der Waals surface area contributed by atoms with Gasteiger partial charge in [-0.2, -0.15) is 5.10 Å². The van der Waals surface area contributed by atoms with Gasteiger partial charge in [-0.05, 0) is 18.6 Å². The Morgan fingerprint density at radius 3 is 2.88 bits per heavy atom. The van der Waals surface area contributed by atoms with Crippen molar-refractivity contribution in [1.82, 2.24) is 25.5 Å². The number of nitrogens with one attached hydrogen (secondary N) is 2. The maximum atomic E-state index is 5.60. The number of fused-ring (bicyclic) bond motifs is 1. The molecular weight excluding hydrogens is 314 g/mol. The van der Waals surface area contributed by atoms with Crippen LogP contribution >= 0.6 is 0 Å². The smallest absolute Gasteiger partial charge is 0.126 e. The summed E-state index contributed by atoms with van der Waals surface area (Å²) >= 11 is 0. The summed E-state index contributed by atoms with van der Waals surface area (Å²) in [7, 11) is 1.69. The molecule has 25 heavy (non-hydrogen) atoms. The van der Waals surface area contributed by atoms with Crippen LogP contribution in [0.2, 0.25) is 0 Å². The van der Waals surface area contributed by atoms with Crippen molar-refractivity contribution in [3.05, 3.63) is 65.9 Å². The van der Waals surface area contributed by atoms with E-state index in [2.05, 4.69) is 44.5 Å². The zero-order valence-electron chi connectivity index (χ0n) is 14.2. The van der Waals surface area contributed by atoms with Crippen LogP contribution in [-0.4, -0.2) is 33.3 Å². The summed E-state index contributed by atoms with van der Waals surface area (Å²) in [4.78, 5) is 9.08. The zero-order valence-corrected chi connectivity index (χ0v) is 14.2. The van der Waals surface area contributed by atoms with Crippen LogP contribution < -0.4 is 10.1 Å². The molecule has 126 valence electrons. The highest BCUT2D eigenvalue weighted by atomic mass is 16.5. The molecule has 3 aromatic rings. The highest BCUT2D eigenvalue weighted by molar-refractivity contribution is 5.90. The SMILES string of the molecule is COc1ccccc1C1=C[C@@H](C)NCc2ncnc(-c3cn[nH]c3)c21. The van der Waals surface area contributed by atoms with E-state index in [0.29, 0.717) is 6.54 Å². The van der Waals surface area contributed by atoms with Gasteiger partial charge in [0, 0.05) is 35.5 Å². The van der Waals surface area contributed by atoms with Crippen molar-refractivity contribution in [3.63, 3.8) is 0 Å². The first-order chi connectivity index (χ1) is 12.3. The molecule has 0 unspecified atom stereocenters. The summed E-state index contributed by atoms with van der Waals surface area (Å²) in [5, 5.41) is 10.4. The number of methoxy groups -OCH3 is 1. The molecule has 0 bridgehead atoms. The molecule has 0 amide bonds. The molecule has 0 fully saturated rings. The van der Waals surface area contributed by atoms with E-state index < -0.39 is 0 Å². The Kier molecular flexibility index (Phi) is 4.03. The average Bonchev–Trinajstić information content (AvgIpc) is 3.13. The molecular formula is C19H19N5O. The highest BCUT2D eigenvalue weighted by Gasteiger charge is 2.24. The fourth-order valence-corrected chi connectivity index (χ4v) is 3.18. The number of ether oxygens (including phenoxy) is 1. The van der Waals surface area contributed by atoms with Gasteiger partial charge in [-0.3, -0.25) is 5.10 Å². The Bertz CT molecular complexity index is 917. The Balaban J connectivity index is 2.00. The van der Waals surface area contributed by atoms with Gasteiger partial charge in [0.15, 0.2) is 0 Å². The molecule has 0 saturated heterocycles. The second-order valence-corrected chi connectivity index (χ2v) is 5.98. The van der Waals surface area contributed by atoms with Crippen LogP contribution in [0.15, 0.2) is 49.1 Å². The third-order valence-corrected chi connectivity index (χ3v) is 4.37. The van der Waals surface area contributed by atoms with E-state index in [1.54, 1.807) is 19.6 Å². The molecule has 0 aliphatic carbocycles. The largest absolute Gasteiger partial charge is 0.496 e. The van der Waals surface area contributed by atoms with Gasteiger partial charge in [0.1, 0.15) is 12.1 Å². The van der Waals surface area contributed by atoms with Crippen LogP contribution in [0.5, 0.6) is 5.75 Å². The summed E-state index contributed by atoms with van der Waals surface area (Å²) in [6.45, 7) is 2.81. The predicted octanol–water partition coefficient (Wildman–Crippen LogP) is 2.80. The zero-order chi connectivity index (χ0) is 17.2. The van der Waals surface area contributed by atoms with E-state index in [4.69, 9.17) is 4.74 Å². The van der Waals surface area contributed by atoms with Crippen LogP contribution in [0.1, 0.15) is 23.7 Å². The Morgan fingerprint density at radius 2 is 2.08 bits per heavy atom. The molecule has 2 aromatic heterocycles. The van der Waals surface area contributed by atoms with Crippen LogP contribution in [-0.2, 0) is 6.54 Å². The molecule has 1 aliphatic rings. The normalized spacial score (nSPS) is 16.7. The van der Waals surface area contributed by atoms with E-state index in [9.17, 15) is 0 Å². The first kappa shape index (κ1) is 15.5. The topological polar surface area (TPSA) is 75.7 Å². The minimum absolute atomic E-state index is 0.200. The predicted molar refractivity (Wildman–Crippen MR) is 96.0 cm³/mol. The van der Waals surface area contributed by atoms with Crippen molar-refractivity contribution < 1.29 is 4.74 Å². The van der Waals surface area contributed by atoms with Crippen molar-refractivity contribution in [3.8, 4) is 17.0 Å². The van der Waals surface area contributed by atoms with E-state index in [1.807, 2.05) is 24.4 Å². The number of nitrogens with zero attached hydrogens (tertiary/aromatic N) is 3. The summed E-state index contributed by atoms with van der Waals surface area (Å²) in [5.74, 6) is 0.829. The van der Waals surface area contributed by atoms with Gasteiger partial charge in [0.2, 0.25) is 0 Å². The molecule has 6 nitrogen and oxygen atoms in total. The third-order valence-electron chi connectivity index (χ3n) is 4.37. The summed E-state index contributed by atoms with van der Waals surface area (Å²) in [6.07, 6.45) is 7.45. The number of H-pyrrole nitrogens is 1. The molecule has 6 heteroatoms. The van der Waals surface area contributed by atoms with Crippen LogP contribution in [0, 0.1) is 0 Å². The van der Waals surface area contributed by atoms with Gasteiger partial charge < -0.3 is 10.1 Å². The summed E-state index contributed by atoms with van der Waals surface area (Å²) < 4.78 is 5.60. The minimum atomic E-state index is 0.200. The lowest BCUT2D eigenvalue weighted by Gasteiger charge is -2.16. The number of hydrogen-bond acceptors (Lipinski definition) is 5. The van der Waals surface area contributed by atoms with Crippen LogP contribution in [0.3, 0.4) is 0 Å². The van der Waals surface area contributed by atoms with E-state index in [-0.39, 0.29) is 6.04 Å². The molecule has 1 aromatic carbocycles. The van der Waals surface area contributed by atoms with Crippen molar-refractivity contribution in [2.75, 3.05) is 7.11 Å². The van der Waals surface area contributed by atoms with Crippen LogP contribution in [0.4, 0.5) is 0 Å². The average molecular weight is 333 g/mol. The quantitative estimate of drug-likeness (QED) is 0.771. The van der Waals surface area contributed by atoms with Crippen molar-refractivity contribution in [1.29, 1.82) is 0 Å². The Hall–Kier alpha value is -2.99. The molecule has 2 N–H and O–H groups in total. The Labute approximate surface area is 146 Å². The van der Waals surface area contributed by atoms with Gasteiger partial charge in [0.25, 0.3) is 0 Å². The lowest BCUT2D eigenvalue weighted by molar-refractivity contribution is 0.413. The minimum Gasteiger partial charge on any atom is -0.496 e. The summed E-state index contributed by atoms with van der Waals surface area (Å²) in [6, 6.07) is 8.23. The molecule has 4 rings (SSSR count). The van der Waals surface area contributed by atoms with Gasteiger partial charge >= 0.3 is 0 Å². The van der Waals surface area contributed by atoms with Crippen molar-refractivity contribution >= 4 is 5.57 Å². The van der Waals surface area contributed by atoms with E-state index in [1.165, 1.54) is 0 Å². The molecule has 1 atom stereocenters. The van der Waals surface area contributed by atoms with Gasteiger partial charge in [-0.1, -0.05) is 24.3 Å². The van der Waals surface area contributed by atoms with Gasteiger partial charge in [0.05, 0.1) is 24.7 Å². The molecule has 0 spiro atoms. The third kappa shape index (κ3) is 2.81. The van der Waals surface area contributed by atoms with Gasteiger partial charge in [-0.25, -0.2) is 9.97 Å². The number of aromatic nitrogens is 4. The first-order valence-electron chi connectivity index (χ1n) is 8.20. The molecule has 1 aliphatic heterocycles. The van der Waals surface area contributed by atoms with Crippen LogP contribution in [0.25, 0.3) is 16.8 Å². The van der Waals surface area contributed by atoms with E-state index >= 15 is 0 Å². The maximum Gasteiger partial charge on any atom is 0.126 e. The second-order valence-electron chi connectivity index (χ2n) is 5.98. The monoisotopic (exact) mass is 333 g/mol. The number of hydrogen-bond donors (Lipinski definition) is 2. The molecule has 3 heterocycles. The summed E-state index contributed by atoms with van der Waals surface area (Å²) in [5.41, 5.74) is 5.89. The maximum absolute atomic E-state index is 5.60. The Morgan fingerprint density at radius 1 is 1.20 bits per heavy atom. The fourth-order valence-electron chi connectivity index (χ4n) is 3.18. The highest BCUT2D eigenvalue weighted by Crippen LogP contribution is 2.38. The standard InChI is InChI=1S/C19H19N5O/c1-12-7-15(14-5-3-4-6-17(14)25-2)18-16(10-20-12)21-11-22-19(18)13-8-23-24-9-13/h3-9,11-12,20H,10H2,1-2H3,(H,23,24)/t12-/m1/s1. The molecule has 0 saturated carbocycles. The number of aromatic amines is 1. The first-order valence-corrected chi connectivity index (χ1v) is 8.20. The lowest BCUT2D eigenvalue weighted by Crippen LogP contribution is -2.22. The van der Waals surface area contributed by atoms with Crippen molar-refractivity contribution in [2.24, 2.45) is 0 Å². The number of benzene rings is 1.